The molecule has 0 amide bonds. The van der Waals surface area contributed by atoms with Crippen LogP contribution in [0, 0.1) is 5.41 Å². The molecule has 0 bridgehead atoms. The summed E-state index contributed by atoms with van der Waals surface area (Å²) in [6.07, 6.45) is 7.80. The standard InChI is InChI=1S/C15H29NO2/c1-4-18-14(17)10-6-5-7-12-16-13-9-8-11-15(13,2)3/h13,16H,4-12H2,1-3H3. The quantitative estimate of drug-likeness (QED) is 0.534. The van der Waals surface area contributed by atoms with E-state index < -0.39 is 0 Å². The molecule has 3 heteroatoms. The zero-order valence-corrected chi connectivity index (χ0v) is 12.3. The Hall–Kier alpha value is -0.570. The van der Waals surface area contributed by atoms with E-state index >= 15 is 0 Å². The maximum atomic E-state index is 11.1. The third-order valence-corrected chi connectivity index (χ3v) is 4.01. The van der Waals surface area contributed by atoms with Gasteiger partial charge in [-0.15, -0.1) is 0 Å². The number of hydrogen-bond donors (Lipinski definition) is 1. The maximum Gasteiger partial charge on any atom is 0.305 e. The highest BCUT2D eigenvalue weighted by Crippen LogP contribution is 2.37. The number of nitrogens with one attached hydrogen (secondary N) is 1. The Kier molecular flexibility index (Phi) is 6.69. The summed E-state index contributed by atoms with van der Waals surface area (Å²) in [5.74, 6) is -0.0533. The topological polar surface area (TPSA) is 38.3 Å². The molecule has 0 aromatic heterocycles. The van der Waals surface area contributed by atoms with Crippen LogP contribution < -0.4 is 5.32 Å². The van der Waals surface area contributed by atoms with Gasteiger partial charge in [-0.05, 0) is 44.6 Å². The van der Waals surface area contributed by atoms with Gasteiger partial charge in [0, 0.05) is 12.5 Å². The number of carbonyl (C=O) groups is 1. The van der Waals surface area contributed by atoms with Crippen LogP contribution in [-0.2, 0) is 9.53 Å². The summed E-state index contributed by atoms with van der Waals surface area (Å²) >= 11 is 0. The van der Waals surface area contributed by atoms with Crippen LogP contribution in [0.3, 0.4) is 0 Å². The van der Waals surface area contributed by atoms with Gasteiger partial charge in [-0.3, -0.25) is 4.79 Å². The minimum atomic E-state index is -0.0533. The average molecular weight is 255 g/mol. The van der Waals surface area contributed by atoms with Crippen LogP contribution in [0.1, 0.15) is 65.7 Å². The Labute approximate surface area is 112 Å². The first-order chi connectivity index (χ1) is 8.56. The fourth-order valence-corrected chi connectivity index (χ4v) is 2.79. The van der Waals surface area contributed by atoms with Crippen LogP contribution in [0.25, 0.3) is 0 Å². The predicted octanol–water partition coefficient (Wildman–Crippen LogP) is 3.28. The average Bonchev–Trinajstić information content (AvgIpc) is 2.63. The number of esters is 1. The monoisotopic (exact) mass is 255 g/mol. The molecular formula is C15H29NO2. The second kappa shape index (κ2) is 7.78. The molecule has 3 nitrogen and oxygen atoms in total. The number of hydrogen-bond acceptors (Lipinski definition) is 3. The number of ether oxygens (including phenoxy) is 1. The summed E-state index contributed by atoms with van der Waals surface area (Å²) in [4.78, 5) is 11.1. The van der Waals surface area contributed by atoms with Crippen molar-refractivity contribution in [3.05, 3.63) is 0 Å². The lowest BCUT2D eigenvalue weighted by Gasteiger charge is -2.28. The fraction of sp³-hybridized carbons (Fsp3) is 0.933. The fourth-order valence-electron chi connectivity index (χ4n) is 2.79. The highest BCUT2D eigenvalue weighted by Gasteiger charge is 2.33. The molecular weight excluding hydrogens is 226 g/mol. The smallest absolute Gasteiger partial charge is 0.305 e. The lowest BCUT2D eigenvalue weighted by atomic mass is 9.87. The highest BCUT2D eigenvalue weighted by atomic mass is 16.5. The van der Waals surface area contributed by atoms with Crippen molar-refractivity contribution in [3.63, 3.8) is 0 Å². The van der Waals surface area contributed by atoms with Crippen molar-refractivity contribution in [1.82, 2.24) is 5.32 Å². The Bertz CT molecular complexity index is 251. The lowest BCUT2D eigenvalue weighted by Crippen LogP contribution is -2.38. The summed E-state index contributed by atoms with van der Waals surface area (Å²) in [5, 5.41) is 3.67. The third kappa shape index (κ3) is 5.38. The van der Waals surface area contributed by atoms with Gasteiger partial charge in [0.25, 0.3) is 0 Å². The van der Waals surface area contributed by atoms with E-state index in [1.54, 1.807) is 0 Å². The van der Waals surface area contributed by atoms with Crippen LogP contribution in [-0.4, -0.2) is 25.2 Å². The molecule has 1 rings (SSSR count). The minimum absolute atomic E-state index is 0.0533. The second-order valence-corrected chi connectivity index (χ2v) is 6.00. The van der Waals surface area contributed by atoms with Gasteiger partial charge in [-0.1, -0.05) is 26.7 Å². The van der Waals surface area contributed by atoms with Crippen molar-refractivity contribution in [2.75, 3.05) is 13.2 Å². The number of rotatable bonds is 8. The van der Waals surface area contributed by atoms with E-state index in [4.69, 9.17) is 4.74 Å². The van der Waals surface area contributed by atoms with E-state index in [0.717, 1.165) is 25.8 Å². The predicted molar refractivity (Wildman–Crippen MR) is 74.5 cm³/mol. The van der Waals surface area contributed by atoms with Crippen LogP contribution in [0.2, 0.25) is 0 Å². The van der Waals surface area contributed by atoms with Gasteiger partial charge < -0.3 is 10.1 Å². The van der Waals surface area contributed by atoms with Crippen molar-refractivity contribution in [3.8, 4) is 0 Å². The summed E-state index contributed by atoms with van der Waals surface area (Å²) in [7, 11) is 0. The zero-order chi connectivity index (χ0) is 13.4. The van der Waals surface area contributed by atoms with Gasteiger partial charge in [0.05, 0.1) is 6.61 Å². The van der Waals surface area contributed by atoms with Crippen LogP contribution in [0.5, 0.6) is 0 Å². The maximum absolute atomic E-state index is 11.1. The van der Waals surface area contributed by atoms with Crippen LogP contribution in [0.15, 0.2) is 0 Å². The molecule has 1 aliphatic rings. The molecule has 1 atom stereocenters. The molecule has 0 aliphatic heterocycles. The molecule has 1 saturated carbocycles. The van der Waals surface area contributed by atoms with E-state index in [9.17, 15) is 4.79 Å². The first kappa shape index (κ1) is 15.5. The Morgan fingerprint density at radius 3 is 2.72 bits per heavy atom. The lowest BCUT2D eigenvalue weighted by molar-refractivity contribution is -0.143. The van der Waals surface area contributed by atoms with E-state index in [2.05, 4.69) is 19.2 Å². The normalized spacial score (nSPS) is 22.1. The van der Waals surface area contributed by atoms with Crippen LogP contribution in [0.4, 0.5) is 0 Å². The van der Waals surface area contributed by atoms with Gasteiger partial charge in [0.2, 0.25) is 0 Å². The molecule has 0 radical (unpaired) electrons. The van der Waals surface area contributed by atoms with Crippen molar-refractivity contribution in [2.45, 2.75) is 71.8 Å². The van der Waals surface area contributed by atoms with E-state index in [0.29, 0.717) is 24.5 Å². The first-order valence-electron chi connectivity index (χ1n) is 7.45. The zero-order valence-electron chi connectivity index (χ0n) is 12.3. The Balaban J connectivity index is 1.97. The largest absolute Gasteiger partial charge is 0.466 e. The summed E-state index contributed by atoms with van der Waals surface area (Å²) in [5.41, 5.74) is 0.463. The minimum Gasteiger partial charge on any atom is -0.466 e. The Morgan fingerprint density at radius 1 is 1.33 bits per heavy atom. The molecule has 18 heavy (non-hydrogen) atoms. The molecule has 106 valence electrons. The second-order valence-electron chi connectivity index (χ2n) is 6.00. The molecule has 0 aromatic rings. The number of carbonyl (C=O) groups excluding carboxylic acids is 1. The summed E-state index contributed by atoms with van der Waals surface area (Å²) < 4.78 is 4.90. The molecule has 1 fully saturated rings. The van der Waals surface area contributed by atoms with Crippen LogP contribution >= 0.6 is 0 Å². The molecule has 0 heterocycles. The van der Waals surface area contributed by atoms with Crippen molar-refractivity contribution in [2.24, 2.45) is 5.41 Å². The van der Waals surface area contributed by atoms with E-state index in [1.165, 1.54) is 19.3 Å². The van der Waals surface area contributed by atoms with Gasteiger partial charge in [-0.25, -0.2) is 0 Å². The number of unbranched alkanes of at least 4 members (excludes halogenated alkanes) is 2. The molecule has 1 N–H and O–H groups in total. The molecule has 1 unspecified atom stereocenters. The van der Waals surface area contributed by atoms with Gasteiger partial charge >= 0.3 is 5.97 Å². The highest BCUT2D eigenvalue weighted by molar-refractivity contribution is 5.69. The molecule has 0 saturated heterocycles. The van der Waals surface area contributed by atoms with Crippen molar-refractivity contribution in [1.29, 1.82) is 0 Å². The first-order valence-corrected chi connectivity index (χ1v) is 7.45. The third-order valence-electron chi connectivity index (χ3n) is 4.01. The molecule has 0 aromatic carbocycles. The van der Waals surface area contributed by atoms with Crippen molar-refractivity contribution < 1.29 is 9.53 Å². The van der Waals surface area contributed by atoms with Crippen molar-refractivity contribution >= 4 is 5.97 Å². The van der Waals surface area contributed by atoms with Gasteiger partial charge in [0.15, 0.2) is 0 Å². The molecule has 1 aliphatic carbocycles. The van der Waals surface area contributed by atoms with Gasteiger partial charge in [-0.2, -0.15) is 0 Å². The summed E-state index contributed by atoms with van der Waals surface area (Å²) in [6.45, 7) is 8.15. The summed E-state index contributed by atoms with van der Waals surface area (Å²) in [6, 6.07) is 0.683. The van der Waals surface area contributed by atoms with Gasteiger partial charge in [0.1, 0.15) is 0 Å². The van der Waals surface area contributed by atoms with E-state index in [-0.39, 0.29) is 5.97 Å². The van der Waals surface area contributed by atoms with E-state index in [1.807, 2.05) is 6.92 Å². The SMILES string of the molecule is CCOC(=O)CCCCCNC1CCCC1(C)C. The molecule has 0 spiro atoms. The Morgan fingerprint density at radius 2 is 2.11 bits per heavy atom.